The number of likely N-dealkylation sites (N-methyl/N-ethyl adjacent to an activating group) is 2. The Morgan fingerprint density at radius 2 is 1.76 bits per heavy atom. The fraction of sp³-hybridized carbons (Fsp3) is 0.640. The molecular formula is C25H35N3O6. The van der Waals surface area contributed by atoms with Gasteiger partial charge in [0.25, 0.3) is 5.91 Å². The molecule has 2 amide bonds. The minimum absolute atomic E-state index is 0.0759. The first-order valence-electron chi connectivity index (χ1n) is 11.7. The lowest BCUT2D eigenvalue weighted by molar-refractivity contribution is -0.154. The van der Waals surface area contributed by atoms with Crippen molar-refractivity contribution in [2.45, 2.75) is 50.6 Å². The summed E-state index contributed by atoms with van der Waals surface area (Å²) in [6.45, 7) is 2.70. The maximum Gasteiger partial charge on any atom is 0.257 e. The van der Waals surface area contributed by atoms with Crippen LogP contribution in [0.25, 0.3) is 0 Å². The number of methoxy groups -OCH3 is 2. The number of benzene rings is 1. The summed E-state index contributed by atoms with van der Waals surface area (Å²) >= 11 is 0. The molecule has 186 valence electrons. The zero-order valence-corrected chi connectivity index (χ0v) is 20.7. The van der Waals surface area contributed by atoms with Gasteiger partial charge >= 0.3 is 0 Å². The number of para-hydroxylation sites is 1. The molecule has 2 aliphatic heterocycles. The van der Waals surface area contributed by atoms with Gasteiger partial charge < -0.3 is 28.7 Å². The van der Waals surface area contributed by atoms with Crippen LogP contribution in [0.3, 0.4) is 0 Å². The van der Waals surface area contributed by atoms with E-state index in [9.17, 15) is 14.9 Å². The van der Waals surface area contributed by atoms with Crippen LogP contribution < -0.4 is 4.74 Å². The summed E-state index contributed by atoms with van der Waals surface area (Å²) in [6.07, 6.45) is 1.25. The normalized spacial score (nSPS) is 29.2. The van der Waals surface area contributed by atoms with Crippen molar-refractivity contribution in [2.24, 2.45) is 5.92 Å². The number of nitriles is 1. The van der Waals surface area contributed by atoms with Crippen molar-refractivity contribution in [1.29, 1.82) is 5.26 Å². The second-order valence-electron chi connectivity index (χ2n) is 9.05. The Morgan fingerprint density at radius 3 is 2.44 bits per heavy atom. The lowest BCUT2D eigenvalue weighted by atomic mass is 9.97. The average Bonchev–Trinajstić information content (AvgIpc) is 2.85. The number of rotatable bonds is 2. The van der Waals surface area contributed by atoms with Crippen LogP contribution in [0.4, 0.5) is 0 Å². The molecule has 1 saturated heterocycles. The number of carbonyl (C=O) groups excluding carboxylic acids is 2. The van der Waals surface area contributed by atoms with E-state index < -0.39 is 12.0 Å². The third-order valence-corrected chi connectivity index (χ3v) is 6.79. The molecule has 0 saturated carbocycles. The molecule has 3 rings (SSSR count). The van der Waals surface area contributed by atoms with Gasteiger partial charge in [-0.3, -0.25) is 9.59 Å². The highest BCUT2D eigenvalue weighted by molar-refractivity contribution is 5.97. The van der Waals surface area contributed by atoms with Gasteiger partial charge in [-0.1, -0.05) is 13.0 Å². The molecule has 5 atom stereocenters. The molecule has 2 bridgehead atoms. The van der Waals surface area contributed by atoms with Crippen molar-refractivity contribution in [2.75, 3.05) is 48.0 Å². The van der Waals surface area contributed by atoms with E-state index in [1.54, 1.807) is 51.2 Å². The summed E-state index contributed by atoms with van der Waals surface area (Å²) in [6, 6.07) is 7.07. The van der Waals surface area contributed by atoms with E-state index in [0.717, 1.165) is 12.8 Å². The summed E-state index contributed by atoms with van der Waals surface area (Å²) < 4.78 is 23.6. The van der Waals surface area contributed by atoms with Crippen LogP contribution in [0.5, 0.6) is 5.75 Å². The van der Waals surface area contributed by atoms with Gasteiger partial charge in [0.2, 0.25) is 5.91 Å². The zero-order valence-electron chi connectivity index (χ0n) is 20.7. The standard InChI is InChI=1S/C25H35N3O6/c1-16-21(32-5)14-28(3)25(30)19-8-6-7-17(13-26)23(19)33-12-11-18-9-10-20(31-4)22(34-18)15-27(2)24(16)29/h6-8,16,18,20-22H,9-12,14-15H2,1-5H3/t16-,18-,20+,21+,22+/m0/s1. The van der Waals surface area contributed by atoms with E-state index in [4.69, 9.17) is 18.9 Å². The van der Waals surface area contributed by atoms with Gasteiger partial charge in [0, 0.05) is 47.8 Å². The van der Waals surface area contributed by atoms with Gasteiger partial charge in [-0.15, -0.1) is 0 Å². The molecule has 34 heavy (non-hydrogen) atoms. The van der Waals surface area contributed by atoms with Crippen LogP contribution >= 0.6 is 0 Å². The first-order chi connectivity index (χ1) is 16.3. The molecule has 2 aliphatic rings. The average molecular weight is 474 g/mol. The second kappa shape index (κ2) is 11.6. The number of amides is 2. The van der Waals surface area contributed by atoms with Crippen molar-refractivity contribution >= 4 is 11.8 Å². The predicted molar refractivity (Wildman–Crippen MR) is 125 cm³/mol. The van der Waals surface area contributed by atoms with Crippen LogP contribution in [-0.2, 0) is 19.0 Å². The first kappa shape index (κ1) is 25.9. The molecule has 0 unspecified atom stereocenters. The molecule has 0 radical (unpaired) electrons. The number of carbonyl (C=O) groups is 2. The van der Waals surface area contributed by atoms with Crippen molar-refractivity contribution in [3.8, 4) is 11.8 Å². The van der Waals surface area contributed by atoms with Crippen molar-refractivity contribution in [3.63, 3.8) is 0 Å². The third-order valence-electron chi connectivity index (χ3n) is 6.79. The molecule has 0 N–H and O–H groups in total. The largest absolute Gasteiger partial charge is 0.491 e. The number of ether oxygens (including phenoxy) is 4. The van der Waals surface area contributed by atoms with Gasteiger partial charge in [0.15, 0.2) is 0 Å². The lowest BCUT2D eigenvalue weighted by Gasteiger charge is -2.38. The molecule has 1 aromatic rings. The molecule has 0 aromatic heterocycles. The van der Waals surface area contributed by atoms with E-state index in [0.29, 0.717) is 30.7 Å². The predicted octanol–water partition coefficient (Wildman–Crippen LogP) is 2.08. The zero-order chi connectivity index (χ0) is 24.8. The van der Waals surface area contributed by atoms with E-state index in [1.165, 1.54) is 12.0 Å². The van der Waals surface area contributed by atoms with Crippen LogP contribution in [0.2, 0.25) is 0 Å². The molecule has 0 spiro atoms. The maximum atomic E-state index is 13.3. The number of hydrogen-bond donors (Lipinski definition) is 0. The van der Waals surface area contributed by atoms with Gasteiger partial charge in [-0.25, -0.2) is 0 Å². The molecular weight excluding hydrogens is 438 g/mol. The molecule has 9 nitrogen and oxygen atoms in total. The Bertz CT molecular complexity index is 916. The highest BCUT2D eigenvalue weighted by atomic mass is 16.5. The molecule has 1 aromatic carbocycles. The Balaban J connectivity index is 1.95. The van der Waals surface area contributed by atoms with Crippen molar-refractivity contribution < 1.29 is 28.5 Å². The fourth-order valence-corrected chi connectivity index (χ4v) is 4.68. The Kier molecular flexibility index (Phi) is 8.89. The van der Waals surface area contributed by atoms with Crippen molar-refractivity contribution in [1.82, 2.24) is 9.80 Å². The summed E-state index contributed by atoms with van der Waals surface area (Å²) in [5.74, 6) is -0.601. The second-order valence-corrected chi connectivity index (χ2v) is 9.05. The van der Waals surface area contributed by atoms with E-state index in [-0.39, 0.29) is 42.4 Å². The molecule has 9 heteroatoms. The van der Waals surface area contributed by atoms with Crippen LogP contribution in [-0.4, -0.2) is 94.0 Å². The number of fused-ring (bicyclic) bond motifs is 3. The fourth-order valence-electron chi connectivity index (χ4n) is 4.68. The van der Waals surface area contributed by atoms with Gasteiger partial charge in [0.05, 0.1) is 42.0 Å². The molecule has 1 fully saturated rings. The summed E-state index contributed by atoms with van der Waals surface area (Å²) in [4.78, 5) is 29.7. The topological polar surface area (TPSA) is 101 Å². The Labute approximate surface area is 201 Å². The quantitative estimate of drug-likeness (QED) is 0.648. The van der Waals surface area contributed by atoms with Gasteiger partial charge in [-0.2, -0.15) is 5.26 Å². The summed E-state index contributed by atoms with van der Waals surface area (Å²) in [5.41, 5.74) is 0.609. The number of nitrogens with zero attached hydrogens (tertiary/aromatic N) is 3. The van der Waals surface area contributed by atoms with Crippen LogP contribution in [0.1, 0.15) is 42.1 Å². The van der Waals surface area contributed by atoms with Crippen LogP contribution in [0, 0.1) is 17.2 Å². The first-order valence-corrected chi connectivity index (χ1v) is 11.7. The minimum atomic E-state index is -0.515. The van der Waals surface area contributed by atoms with Crippen LogP contribution in [0.15, 0.2) is 18.2 Å². The van der Waals surface area contributed by atoms with E-state index in [1.807, 2.05) is 0 Å². The highest BCUT2D eigenvalue weighted by Gasteiger charge is 2.36. The van der Waals surface area contributed by atoms with Crippen molar-refractivity contribution in [3.05, 3.63) is 29.3 Å². The SMILES string of the molecule is CO[C@@H]1CN(C)C(=O)c2cccc(C#N)c2OCC[C@@H]2CC[C@@H](OC)[C@@H](CN(C)C(=O)[C@H]1C)O2. The van der Waals surface area contributed by atoms with Gasteiger partial charge in [-0.05, 0) is 25.0 Å². The maximum absolute atomic E-state index is 13.3. The summed E-state index contributed by atoms with van der Waals surface area (Å²) in [5, 5.41) is 9.60. The smallest absolute Gasteiger partial charge is 0.257 e. The Hall–Kier alpha value is -2.67. The molecule has 0 aliphatic carbocycles. The highest BCUT2D eigenvalue weighted by Crippen LogP contribution is 2.28. The summed E-state index contributed by atoms with van der Waals surface area (Å²) in [7, 11) is 6.61. The number of hydrogen-bond acceptors (Lipinski definition) is 7. The van der Waals surface area contributed by atoms with Gasteiger partial charge in [0.1, 0.15) is 17.9 Å². The Morgan fingerprint density at radius 1 is 1.03 bits per heavy atom. The van der Waals surface area contributed by atoms with E-state index >= 15 is 0 Å². The third kappa shape index (κ3) is 5.69. The minimum Gasteiger partial charge on any atom is -0.491 e. The lowest BCUT2D eigenvalue weighted by Crippen LogP contribution is -2.50. The molecule has 2 heterocycles. The van der Waals surface area contributed by atoms with E-state index in [2.05, 4.69) is 6.07 Å². The monoisotopic (exact) mass is 473 g/mol.